The number of hydrogen-bond acceptors (Lipinski definition) is 1. The zero-order valence-electron chi connectivity index (χ0n) is 16.1. The standard InChI is InChI=1S/C25H26OP.ClH/c1-21(25-19-11-12-20-26-25)27(22-13-5-2-6-14-22,23-15-7-3-8-16-23)24-17-9-4-10-18-24;/h2-11,13-19,21,25H,12,20H2,1H3;1H/q+1;/p-1. The molecular weight excluding hydrogens is 383 g/mol. The quantitative estimate of drug-likeness (QED) is 0.461. The molecule has 0 aliphatic carbocycles. The van der Waals surface area contributed by atoms with Gasteiger partial charge in [-0.25, -0.2) is 0 Å². The zero-order valence-corrected chi connectivity index (χ0v) is 17.8. The average Bonchev–Trinajstić information content (AvgIpc) is 2.77. The Bertz CT molecular complexity index is 784. The molecule has 3 heteroatoms. The molecule has 3 aromatic rings. The van der Waals surface area contributed by atoms with E-state index in [0.29, 0.717) is 5.66 Å². The van der Waals surface area contributed by atoms with Gasteiger partial charge in [0, 0.05) is 0 Å². The third-order valence-electron chi connectivity index (χ3n) is 5.50. The second-order valence-electron chi connectivity index (χ2n) is 7.02. The Morgan fingerprint density at radius 3 is 1.54 bits per heavy atom. The lowest BCUT2D eigenvalue weighted by Crippen LogP contribution is -3.00. The molecule has 0 bridgehead atoms. The number of ether oxygens (including phenoxy) is 1. The van der Waals surface area contributed by atoms with Gasteiger partial charge in [0.05, 0.1) is 6.61 Å². The van der Waals surface area contributed by atoms with Crippen molar-refractivity contribution in [1.29, 1.82) is 0 Å². The van der Waals surface area contributed by atoms with Crippen molar-refractivity contribution in [2.75, 3.05) is 6.61 Å². The lowest BCUT2D eigenvalue weighted by molar-refractivity contribution is -0.00000668. The Morgan fingerprint density at radius 2 is 1.18 bits per heavy atom. The minimum absolute atomic E-state index is 0. The SMILES string of the molecule is CC(C1C=CCCO1)[P+](c1ccccc1)(c1ccccc1)c1ccccc1.[Cl-]. The maximum Gasteiger partial charge on any atom is 0.117 e. The van der Waals surface area contributed by atoms with Crippen molar-refractivity contribution in [2.24, 2.45) is 0 Å². The van der Waals surface area contributed by atoms with Crippen molar-refractivity contribution in [3.8, 4) is 0 Å². The summed E-state index contributed by atoms with van der Waals surface area (Å²) in [4.78, 5) is 0. The zero-order chi connectivity index (χ0) is 18.5. The van der Waals surface area contributed by atoms with Gasteiger partial charge < -0.3 is 17.1 Å². The predicted molar refractivity (Wildman–Crippen MR) is 118 cm³/mol. The second-order valence-corrected chi connectivity index (χ2v) is 10.8. The lowest BCUT2D eigenvalue weighted by Gasteiger charge is -2.36. The summed E-state index contributed by atoms with van der Waals surface area (Å²) in [6.07, 6.45) is 5.70. The van der Waals surface area contributed by atoms with E-state index in [1.54, 1.807) is 0 Å². The van der Waals surface area contributed by atoms with E-state index in [1.165, 1.54) is 15.9 Å². The normalized spacial score (nSPS) is 17.5. The molecular formula is C25H26ClOP. The Morgan fingerprint density at radius 1 is 0.750 bits per heavy atom. The monoisotopic (exact) mass is 408 g/mol. The van der Waals surface area contributed by atoms with Gasteiger partial charge >= 0.3 is 0 Å². The minimum atomic E-state index is -1.89. The summed E-state index contributed by atoms with van der Waals surface area (Å²) in [6, 6.07) is 33.1. The van der Waals surface area contributed by atoms with Crippen LogP contribution in [0.4, 0.5) is 0 Å². The summed E-state index contributed by atoms with van der Waals surface area (Å²) in [6.45, 7) is 3.19. The van der Waals surface area contributed by atoms with E-state index in [4.69, 9.17) is 4.74 Å². The molecule has 28 heavy (non-hydrogen) atoms. The molecule has 0 saturated carbocycles. The molecule has 1 aliphatic heterocycles. The van der Waals surface area contributed by atoms with Crippen molar-refractivity contribution in [3.05, 3.63) is 103 Å². The van der Waals surface area contributed by atoms with Crippen LogP contribution in [0.5, 0.6) is 0 Å². The largest absolute Gasteiger partial charge is 1.00 e. The van der Waals surface area contributed by atoms with Crippen LogP contribution >= 0.6 is 7.26 Å². The van der Waals surface area contributed by atoms with Crippen molar-refractivity contribution in [3.63, 3.8) is 0 Å². The predicted octanol–water partition coefficient (Wildman–Crippen LogP) is 1.72. The van der Waals surface area contributed by atoms with Crippen LogP contribution in [-0.4, -0.2) is 18.4 Å². The summed E-state index contributed by atoms with van der Waals surface area (Å²) < 4.78 is 6.25. The number of benzene rings is 3. The van der Waals surface area contributed by atoms with Gasteiger partial charge in [-0.2, -0.15) is 0 Å². The first kappa shape index (κ1) is 20.8. The third-order valence-corrected chi connectivity index (χ3v) is 10.4. The van der Waals surface area contributed by atoms with E-state index in [2.05, 4.69) is 110 Å². The highest BCUT2D eigenvalue weighted by atomic mass is 35.5. The molecule has 2 unspecified atom stereocenters. The number of hydrogen-bond donors (Lipinski definition) is 0. The molecule has 2 atom stereocenters. The molecule has 0 aromatic heterocycles. The van der Waals surface area contributed by atoms with Crippen LogP contribution < -0.4 is 28.3 Å². The number of halogens is 1. The summed E-state index contributed by atoms with van der Waals surface area (Å²) in [7, 11) is -1.89. The molecule has 0 fully saturated rings. The first-order valence-electron chi connectivity index (χ1n) is 9.67. The minimum Gasteiger partial charge on any atom is -1.00 e. The fourth-order valence-corrected chi connectivity index (χ4v) is 9.08. The van der Waals surface area contributed by atoms with Gasteiger partial charge in [-0.1, -0.05) is 66.7 Å². The van der Waals surface area contributed by atoms with Gasteiger partial charge in [-0.3, -0.25) is 0 Å². The molecule has 1 heterocycles. The second kappa shape index (κ2) is 9.52. The molecule has 1 aliphatic rings. The topological polar surface area (TPSA) is 9.23 Å². The Labute approximate surface area is 175 Å². The van der Waals surface area contributed by atoms with E-state index < -0.39 is 7.26 Å². The van der Waals surface area contributed by atoms with Gasteiger partial charge in [-0.15, -0.1) is 0 Å². The van der Waals surface area contributed by atoms with Crippen LogP contribution in [0.1, 0.15) is 13.3 Å². The Balaban J connectivity index is 0.00000225. The Kier molecular flexibility index (Phi) is 7.08. The first-order chi connectivity index (χ1) is 13.3. The molecule has 0 spiro atoms. The van der Waals surface area contributed by atoms with Crippen molar-refractivity contribution < 1.29 is 17.1 Å². The van der Waals surface area contributed by atoms with E-state index in [-0.39, 0.29) is 18.5 Å². The van der Waals surface area contributed by atoms with E-state index >= 15 is 0 Å². The van der Waals surface area contributed by atoms with Gasteiger partial charge in [0.15, 0.2) is 0 Å². The maximum absolute atomic E-state index is 6.25. The van der Waals surface area contributed by atoms with Crippen LogP contribution in [0, 0.1) is 0 Å². The molecule has 0 N–H and O–H groups in total. The summed E-state index contributed by atoms with van der Waals surface area (Å²) in [5.41, 5.74) is 0.348. The van der Waals surface area contributed by atoms with Crippen LogP contribution in [0.25, 0.3) is 0 Å². The highest BCUT2D eigenvalue weighted by molar-refractivity contribution is 7.96. The fourth-order valence-electron chi connectivity index (χ4n) is 4.22. The molecule has 4 rings (SSSR count). The lowest BCUT2D eigenvalue weighted by atomic mass is 10.2. The van der Waals surface area contributed by atoms with Crippen LogP contribution in [0.15, 0.2) is 103 Å². The number of rotatable bonds is 5. The molecule has 144 valence electrons. The summed E-state index contributed by atoms with van der Waals surface area (Å²) in [5.74, 6) is 0. The van der Waals surface area contributed by atoms with Gasteiger partial charge in [-0.05, 0) is 49.7 Å². The fraction of sp³-hybridized carbons (Fsp3) is 0.200. The van der Waals surface area contributed by atoms with Crippen molar-refractivity contribution in [2.45, 2.75) is 25.1 Å². The summed E-state index contributed by atoms with van der Waals surface area (Å²) >= 11 is 0. The van der Waals surface area contributed by atoms with Gasteiger partial charge in [0.2, 0.25) is 0 Å². The van der Waals surface area contributed by atoms with Crippen LogP contribution in [0.2, 0.25) is 0 Å². The molecule has 0 radical (unpaired) electrons. The highest BCUT2D eigenvalue weighted by Gasteiger charge is 2.53. The average molecular weight is 409 g/mol. The molecule has 0 amide bonds. The van der Waals surface area contributed by atoms with E-state index in [9.17, 15) is 0 Å². The van der Waals surface area contributed by atoms with Gasteiger partial charge in [0.1, 0.15) is 34.9 Å². The summed E-state index contributed by atoms with van der Waals surface area (Å²) in [5, 5.41) is 4.24. The van der Waals surface area contributed by atoms with Crippen LogP contribution in [-0.2, 0) is 4.74 Å². The van der Waals surface area contributed by atoms with Gasteiger partial charge in [0.25, 0.3) is 0 Å². The Hall–Kier alpha value is -1.92. The molecule has 0 saturated heterocycles. The molecule has 1 nitrogen and oxygen atoms in total. The maximum atomic E-state index is 6.25. The third kappa shape index (κ3) is 3.80. The van der Waals surface area contributed by atoms with E-state index in [1.807, 2.05) is 0 Å². The van der Waals surface area contributed by atoms with Crippen molar-refractivity contribution in [1.82, 2.24) is 0 Å². The van der Waals surface area contributed by atoms with Crippen LogP contribution in [0.3, 0.4) is 0 Å². The van der Waals surface area contributed by atoms with E-state index in [0.717, 1.165) is 13.0 Å². The van der Waals surface area contributed by atoms with Crippen molar-refractivity contribution >= 4 is 23.2 Å². The highest BCUT2D eigenvalue weighted by Crippen LogP contribution is 2.61. The smallest absolute Gasteiger partial charge is 0.117 e. The first-order valence-corrected chi connectivity index (χ1v) is 11.5. The molecule has 3 aromatic carbocycles.